The third-order valence-electron chi connectivity index (χ3n) is 5.46. The fraction of sp³-hybridized carbons (Fsp3) is 0.429. The van der Waals surface area contributed by atoms with Gasteiger partial charge in [0.15, 0.2) is 0 Å². The number of nitrogens with zero attached hydrogens (tertiary/aromatic N) is 3. The number of hydrogen-bond donors (Lipinski definition) is 1. The van der Waals surface area contributed by atoms with Crippen LogP contribution in [0.15, 0.2) is 30.3 Å². The molecule has 6 nitrogen and oxygen atoms in total. The zero-order valence-corrected chi connectivity index (χ0v) is 17.3. The number of carbonyl (C=O) groups excluding carboxylic acids is 1. The minimum Gasteiger partial charge on any atom is -0.445 e. The second-order valence-electron chi connectivity index (χ2n) is 7.82. The molecule has 0 bridgehead atoms. The molecule has 0 radical (unpaired) electrons. The molecule has 2 aliphatic heterocycles. The van der Waals surface area contributed by atoms with E-state index in [1.807, 2.05) is 12.1 Å². The third-order valence-corrected chi connectivity index (χ3v) is 5.46. The second-order valence-corrected chi connectivity index (χ2v) is 7.82. The van der Waals surface area contributed by atoms with Crippen molar-refractivity contribution in [2.75, 3.05) is 19.6 Å². The van der Waals surface area contributed by atoms with Crippen LogP contribution >= 0.6 is 0 Å². The fourth-order valence-electron chi connectivity index (χ4n) is 3.77. The summed E-state index contributed by atoms with van der Waals surface area (Å²) in [6.07, 6.45) is -7.87. The Kier molecular flexibility index (Phi) is 6.12. The first-order chi connectivity index (χ1) is 15.5. The van der Waals surface area contributed by atoms with Crippen molar-refractivity contribution < 1.29 is 35.9 Å². The Balaban J connectivity index is 1.44. The van der Waals surface area contributed by atoms with Crippen LogP contribution in [0.25, 0.3) is 5.57 Å². The van der Waals surface area contributed by atoms with Gasteiger partial charge in [-0.05, 0) is 48.4 Å². The van der Waals surface area contributed by atoms with E-state index in [0.717, 1.165) is 36.5 Å². The number of fused-ring (bicyclic) bond motifs is 1. The molecule has 2 aliphatic rings. The van der Waals surface area contributed by atoms with Crippen LogP contribution < -0.4 is 5.32 Å². The van der Waals surface area contributed by atoms with Gasteiger partial charge in [0.1, 0.15) is 6.61 Å². The Morgan fingerprint density at radius 2 is 1.73 bits per heavy atom. The summed E-state index contributed by atoms with van der Waals surface area (Å²) in [5.74, 6) is 0. The first-order valence-corrected chi connectivity index (χ1v) is 10.2. The molecule has 0 saturated carbocycles. The van der Waals surface area contributed by atoms with Gasteiger partial charge >= 0.3 is 18.4 Å². The number of aromatic nitrogens is 2. The van der Waals surface area contributed by atoms with E-state index in [9.17, 15) is 31.1 Å². The molecule has 178 valence electrons. The second kappa shape index (κ2) is 8.73. The number of nitrogens with one attached hydrogen (secondary N) is 1. The summed E-state index contributed by atoms with van der Waals surface area (Å²) in [6, 6.07) is 3.01. The van der Waals surface area contributed by atoms with Gasteiger partial charge in [-0.2, -0.15) is 31.4 Å². The summed E-state index contributed by atoms with van der Waals surface area (Å²) < 4.78 is 84.8. The average Bonchev–Trinajstić information content (AvgIpc) is 3.20. The van der Waals surface area contributed by atoms with Crippen LogP contribution in [0.3, 0.4) is 0 Å². The van der Waals surface area contributed by atoms with Crippen molar-refractivity contribution in [3.05, 3.63) is 58.4 Å². The number of halogens is 6. The predicted molar refractivity (Wildman–Crippen MR) is 105 cm³/mol. The third kappa shape index (κ3) is 5.32. The number of benzene rings is 1. The summed E-state index contributed by atoms with van der Waals surface area (Å²) in [7, 11) is 0. The first-order valence-electron chi connectivity index (χ1n) is 10.2. The molecule has 0 saturated heterocycles. The van der Waals surface area contributed by atoms with E-state index in [4.69, 9.17) is 4.74 Å². The lowest BCUT2D eigenvalue weighted by Gasteiger charge is -2.27. The summed E-state index contributed by atoms with van der Waals surface area (Å²) in [5.41, 5.74) is -0.603. The van der Waals surface area contributed by atoms with Crippen LogP contribution in [-0.2, 0) is 36.8 Å². The molecule has 33 heavy (non-hydrogen) atoms. The molecule has 4 rings (SSSR count). The van der Waals surface area contributed by atoms with Crippen molar-refractivity contribution in [1.82, 2.24) is 20.0 Å². The summed E-state index contributed by atoms with van der Waals surface area (Å²) in [4.78, 5) is 13.8. The summed E-state index contributed by atoms with van der Waals surface area (Å²) in [6.45, 7) is 1.71. The highest BCUT2D eigenvalue weighted by molar-refractivity contribution is 5.68. The molecule has 12 heteroatoms. The summed E-state index contributed by atoms with van der Waals surface area (Å²) >= 11 is 0. The van der Waals surface area contributed by atoms with E-state index in [0.29, 0.717) is 18.7 Å². The van der Waals surface area contributed by atoms with Gasteiger partial charge in [0.2, 0.25) is 0 Å². The highest BCUT2D eigenvalue weighted by Gasteiger charge is 2.37. The molecule has 0 spiro atoms. The maximum Gasteiger partial charge on any atom is 0.416 e. The number of alkyl halides is 6. The molecule has 3 heterocycles. The highest BCUT2D eigenvalue weighted by atomic mass is 19.4. The number of ether oxygens (including phenoxy) is 1. The normalized spacial score (nSPS) is 16.9. The van der Waals surface area contributed by atoms with E-state index < -0.39 is 41.7 Å². The van der Waals surface area contributed by atoms with Crippen LogP contribution in [0.1, 0.15) is 34.5 Å². The molecule has 1 amide bonds. The molecular formula is C21H20F6N4O2. The topological polar surface area (TPSA) is 59.4 Å². The smallest absolute Gasteiger partial charge is 0.416 e. The van der Waals surface area contributed by atoms with Crippen LogP contribution in [0.4, 0.5) is 31.1 Å². The standard InChI is InChI=1S/C21H20F6N4O2/c22-20(23,24)15-7-13(8-16(9-15)21(25,26)27)12-33-19(32)30-5-6-31-17(11-30)10-18(29-31)14-1-3-28-4-2-14/h1,7-10,28H,2-6,11-12H2. The van der Waals surface area contributed by atoms with Crippen LogP contribution in [0.5, 0.6) is 0 Å². The van der Waals surface area contributed by atoms with Crippen molar-refractivity contribution in [3.8, 4) is 0 Å². The molecular weight excluding hydrogens is 454 g/mol. The van der Waals surface area contributed by atoms with Crippen LogP contribution in [0.2, 0.25) is 0 Å². The van der Waals surface area contributed by atoms with Gasteiger partial charge in [-0.15, -0.1) is 0 Å². The van der Waals surface area contributed by atoms with Crippen LogP contribution in [0, 0.1) is 0 Å². The molecule has 0 aliphatic carbocycles. The Bertz CT molecular complexity index is 1040. The van der Waals surface area contributed by atoms with Gasteiger partial charge in [-0.1, -0.05) is 6.08 Å². The van der Waals surface area contributed by atoms with E-state index in [2.05, 4.69) is 10.4 Å². The van der Waals surface area contributed by atoms with Crippen molar-refractivity contribution in [1.29, 1.82) is 0 Å². The molecule has 0 unspecified atom stereocenters. The summed E-state index contributed by atoms with van der Waals surface area (Å²) in [5, 5.41) is 7.77. The van der Waals surface area contributed by atoms with Gasteiger partial charge in [-0.25, -0.2) is 4.79 Å². The molecule has 1 aromatic heterocycles. The quantitative estimate of drug-likeness (QED) is 0.668. The maximum absolute atomic E-state index is 13.0. The zero-order valence-electron chi connectivity index (χ0n) is 17.3. The van der Waals surface area contributed by atoms with Gasteiger partial charge in [0, 0.05) is 13.1 Å². The van der Waals surface area contributed by atoms with E-state index in [1.165, 1.54) is 4.90 Å². The monoisotopic (exact) mass is 474 g/mol. The van der Waals surface area contributed by atoms with Crippen molar-refractivity contribution in [2.45, 2.75) is 38.5 Å². The Morgan fingerprint density at radius 1 is 1.03 bits per heavy atom. The van der Waals surface area contributed by atoms with Gasteiger partial charge in [0.05, 0.1) is 35.6 Å². The van der Waals surface area contributed by atoms with E-state index in [-0.39, 0.29) is 19.2 Å². The minimum atomic E-state index is -4.97. The SMILES string of the molecule is O=C(OCc1cc(C(F)(F)F)cc(C(F)(F)F)c1)N1CCn2nc(C3=CCNCC3)cc2C1. The van der Waals surface area contributed by atoms with Crippen molar-refractivity contribution >= 4 is 11.7 Å². The lowest BCUT2D eigenvalue weighted by atomic mass is 10.1. The average molecular weight is 474 g/mol. The lowest BCUT2D eigenvalue weighted by Crippen LogP contribution is -2.38. The Morgan fingerprint density at radius 3 is 2.33 bits per heavy atom. The van der Waals surface area contributed by atoms with E-state index in [1.54, 1.807) is 4.68 Å². The maximum atomic E-state index is 13.0. The number of hydrogen-bond acceptors (Lipinski definition) is 4. The van der Waals surface area contributed by atoms with Gasteiger partial charge in [0.25, 0.3) is 0 Å². The van der Waals surface area contributed by atoms with Crippen LogP contribution in [-0.4, -0.2) is 40.4 Å². The predicted octanol–water partition coefficient (Wildman–Crippen LogP) is 4.45. The number of carbonyl (C=O) groups is 1. The molecule has 1 aromatic carbocycles. The van der Waals surface area contributed by atoms with Gasteiger partial charge < -0.3 is 15.0 Å². The molecule has 0 atom stereocenters. The fourth-order valence-corrected chi connectivity index (χ4v) is 3.77. The highest BCUT2D eigenvalue weighted by Crippen LogP contribution is 2.36. The Labute approximate surface area is 184 Å². The largest absolute Gasteiger partial charge is 0.445 e. The minimum absolute atomic E-state index is 0.0342. The molecule has 1 N–H and O–H groups in total. The molecule has 2 aromatic rings. The lowest BCUT2D eigenvalue weighted by molar-refractivity contribution is -0.143. The zero-order chi connectivity index (χ0) is 23.8. The van der Waals surface area contributed by atoms with Gasteiger partial charge in [-0.3, -0.25) is 4.68 Å². The number of rotatable bonds is 3. The molecule has 0 fully saturated rings. The Hall–Kier alpha value is -3.02. The number of amides is 1. The van der Waals surface area contributed by atoms with Crippen molar-refractivity contribution in [3.63, 3.8) is 0 Å². The van der Waals surface area contributed by atoms with E-state index >= 15 is 0 Å². The first kappa shape index (κ1) is 23.1. The van der Waals surface area contributed by atoms with Crippen molar-refractivity contribution in [2.24, 2.45) is 0 Å².